The number of halogens is 3. The van der Waals surface area contributed by atoms with E-state index in [-0.39, 0.29) is 29.8 Å². The summed E-state index contributed by atoms with van der Waals surface area (Å²) in [7, 11) is 3.78. The number of likely N-dealkylation sites (N-methyl/N-ethyl adjacent to an activating group) is 1. The maximum Gasteiger partial charge on any atom is 0.193 e. The zero-order chi connectivity index (χ0) is 16.7. The lowest BCUT2D eigenvalue weighted by molar-refractivity contribution is 0.115. The highest BCUT2D eigenvalue weighted by atomic mass is 127. The summed E-state index contributed by atoms with van der Waals surface area (Å²) in [6.45, 7) is 3.17. The number of nitrogens with one attached hydrogen (secondary N) is 1. The van der Waals surface area contributed by atoms with Crippen molar-refractivity contribution in [3.8, 4) is 0 Å². The van der Waals surface area contributed by atoms with Crippen LogP contribution >= 0.6 is 39.9 Å². The highest BCUT2D eigenvalue weighted by Gasteiger charge is 2.21. The molecule has 0 aliphatic heterocycles. The van der Waals surface area contributed by atoms with E-state index in [1.807, 2.05) is 13.1 Å². The molecule has 0 heterocycles. The molecule has 0 aromatic heterocycles. The van der Waals surface area contributed by atoms with E-state index in [2.05, 4.69) is 31.1 Å². The van der Waals surface area contributed by atoms with Gasteiger partial charge in [0.25, 0.3) is 0 Å². The molecule has 24 heavy (non-hydrogen) atoms. The molecule has 1 fully saturated rings. The Morgan fingerprint density at radius 2 is 2.21 bits per heavy atom. The van der Waals surface area contributed by atoms with E-state index in [0.29, 0.717) is 4.47 Å². The fourth-order valence-electron chi connectivity index (χ4n) is 2.24. The third-order valence-electron chi connectivity index (χ3n) is 3.88. The molecule has 1 aliphatic rings. The number of hydrogen-bond acceptors (Lipinski definition) is 2. The van der Waals surface area contributed by atoms with Crippen LogP contribution in [0.1, 0.15) is 18.4 Å². The van der Waals surface area contributed by atoms with Gasteiger partial charge >= 0.3 is 0 Å². The van der Waals surface area contributed by atoms with Crippen LogP contribution in [0.25, 0.3) is 0 Å². The highest BCUT2D eigenvalue weighted by molar-refractivity contribution is 14.0. The van der Waals surface area contributed by atoms with Crippen molar-refractivity contribution in [3.63, 3.8) is 0 Å². The largest absolute Gasteiger partial charge is 0.379 e. The molecule has 1 saturated carbocycles. The average molecular weight is 514 g/mol. The fraction of sp³-hybridized carbons (Fsp3) is 0.588. The van der Waals surface area contributed by atoms with E-state index >= 15 is 0 Å². The molecular formula is C17H26BrFIN3O. The SMILES string of the molecule is CN=C(NCCc1ccc(F)c(Br)c1)N(C)CCOCC1CC1.I. The number of rotatable bonds is 8. The van der Waals surface area contributed by atoms with Gasteiger partial charge < -0.3 is 15.0 Å². The predicted molar refractivity (Wildman–Crippen MR) is 111 cm³/mol. The van der Waals surface area contributed by atoms with Crippen LogP contribution in [0.5, 0.6) is 0 Å². The number of nitrogens with zero attached hydrogens (tertiary/aromatic N) is 2. The Morgan fingerprint density at radius 3 is 2.83 bits per heavy atom. The van der Waals surface area contributed by atoms with Crippen LogP contribution in [0.15, 0.2) is 27.7 Å². The lowest BCUT2D eigenvalue weighted by Gasteiger charge is -2.22. The second-order valence-electron chi connectivity index (χ2n) is 5.91. The molecule has 0 bridgehead atoms. The fourth-order valence-corrected chi connectivity index (χ4v) is 2.67. The van der Waals surface area contributed by atoms with Crippen molar-refractivity contribution >= 4 is 45.9 Å². The van der Waals surface area contributed by atoms with Crippen LogP contribution in [0, 0.1) is 11.7 Å². The molecule has 7 heteroatoms. The molecule has 1 aliphatic carbocycles. The Balaban J connectivity index is 0.00000288. The van der Waals surface area contributed by atoms with Crippen molar-refractivity contribution < 1.29 is 9.13 Å². The van der Waals surface area contributed by atoms with E-state index in [1.165, 1.54) is 18.9 Å². The van der Waals surface area contributed by atoms with Crippen molar-refractivity contribution in [2.75, 3.05) is 40.4 Å². The third kappa shape index (κ3) is 7.65. The molecule has 0 spiro atoms. The zero-order valence-corrected chi connectivity index (χ0v) is 18.1. The Hall–Kier alpha value is -0.410. The van der Waals surface area contributed by atoms with Crippen LogP contribution in [0.4, 0.5) is 4.39 Å². The first-order chi connectivity index (χ1) is 11.1. The maximum atomic E-state index is 13.2. The summed E-state index contributed by atoms with van der Waals surface area (Å²) in [6.07, 6.45) is 3.45. The normalized spacial score (nSPS) is 14.2. The number of benzene rings is 1. The number of guanidine groups is 1. The van der Waals surface area contributed by atoms with Crippen LogP contribution in [-0.4, -0.2) is 51.3 Å². The molecule has 136 valence electrons. The topological polar surface area (TPSA) is 36.9 Å². The first-order valence-corrected chi connectivity index (χ1v) is 8.83. The van der Waals surface area contributed by atoms with Crippen molar-refractivity contribution in [2.45, 2.75) is 19.3 Å². The van der Waals surface area contributed by atoms with E-state index < -0.39 is 0 Å². The number of hydrogen-bond donors (Lipinski definition) is 1. The summed E-state index contributed by atoms with van der Waals surface area (Å²) < 4.78 is 19.4. The van der Waals surface area contributed by atoms with Crippen LogP contribution in [0.3, 0.4) is 0 Å². The summed E-state index contributed by atoms with van der Waals surface area (Å²) in [5.41, 5.74) is 1.08. The molecule has 0 atom stereocenters. The van der Waals surface area contributed by atoms with Gasteiger partial charge in [-0.2, -0.15) is 0 Å². The zero-order valence-electron chi connectivity index (χ0n) is 14.2. The lowest BCUT2D eigenvalue weighted by atomic mass is 10.1. The van der Waals surface area contributed by atoms with E-state index in [9.17, 15) is 4.39 Å². The minimum atomic E-state index is -0.233. The molecule has 4 nitrogen and oxygen atoms in total. The van der Waals surface area contributed by atoms with Gasteiger partial charge in [0.05, 0.1) is 11.1 Å². The Labute approximate surface area is 169 Å². The van der Waals surface area contributed by atoms with Gasteiger partial charge in [-0.25, -0.2) is 4.39 Å². The predicted octanol–water partition coefficient (Wildman–Crippen LogP) is 3.68. The standard InChI is InChI=1S/C17H25BrFN3O.HI/c1-20-17(22(2)9-10-23-12-14-3-4-14)21-8-7-13-5-6-16(19)15(18)11-13;/h5-6,11,14H,3-4,7-10,12H2,1-2H3,(H,20,21);1H. The molecular weight excluding hydrogens is 488 g/mol. The van der Waals surface area contributed by atoms with Crippen molar-refractivity contribution in [1.29, 1.82) is 0 Å². The monoisotopic (exact) mass is 513 g/mol. The molecule has 0 radical (unpaired) electrons. The second-order valence-corrected chi connectivity index (χ2v) is 6.77. The number of aliphatic imine (C=N–C) groups is 1. The van der Waals surface area contributed by atoms with Crippen LogP contribution < -0.4 is 5.32 Å². The first-order valence-electron chi connectivity index (χ1n) is 8.03. The minimum Gasteiger partial charge on any atom is -0.379 e. The Bertz CT molecular complexity index is 541. The van der Waals surface area contributed by atoms with Crippen LogP contribution in [-0.2, 0) is 11.2 Å². The number of ether oxygens (including phenoxy) is 1. The molecule has 0 saturated heterocycles. The minimum absolute atomic E-state index is 0. The third-order valence-corrected chi connectivity index (χ3v) is 4.48. The molecule has 2 rings (SSSR count). The summed E-state index contributed by atoms with van der Waals surface area (Å²) in [5, 5.41) is 3.33. The quantitative estimate of drug-likeness (QED) is 0.249. The average Bonchev–Trinajstić information content (AvgIpc) is 3.35. The Kier molecular flexibility index (Phi) is 10.1. The van der Waals surface area contributed by atoms with Crippen LogP contribution in [0.2, 0.25) is 0 Å². The molecule has 0 unspecified atom stereocenters. The van der Waals surface area contributed by atoms with Gasteiger partial charge in [-0.15, -0.1) is 24.0 Å². The summed E-state index contributed by atoms with van der Waals surface area (Å²) in [4.78, 5) is 6.35. The van der Waals surface area contributed by atoms with Crippen molar-refractivity contribution in [1.82, 2.24) is 10.2 Å². The van der Waals surface area contributed by atoms with Gasteiger partial charge in [-0.1, -0.05) is 6.07 Å². The lowest BCUT2D eigenvalue weighted by Crippen LogP contribution is -2.41. The van der Waals surface area contributed by atoms with Gasteiger partial charge in [0.2, 0.25) is 0 Å². The second kappa shape index (κ2) is 11.3. The summed E-state index contributed by atoms with van der Waals surface area (Å²) >= 11 is 3.21. The van der Waals surface area contributed by atoms with E-state index in [4.69, 9.17) is 4.74 Å². The van der Waals surface area contributed by atoms with Gasteiger partial charge in [0.15, 0.2) is 5.96 Å². The van der Waals surface area contributed by atoms with Gasteiger partial charge in [-0.05, 0) is 58.8 Å². The molecule has 1 aromatic rings. The van der Waals surface area contributed by atoms with Gasteiger partial charge in [-0.3, -0.25) is 4.99 Å². The Morgan fingerprint density at radius 1 is 1.46 bits per heavy atom. The smallest absolute Gasteiger partial charge is 0.193 e. The highest BCUT2D eigenvalue weighted by Crippen LogP contribution is 2.28. The first kappa shape index (κ1) is 21.6. The van der Waals surface area contributed by atoms with Crippen molar-refractivity contribution in [3.05, 3.63) is 34.1 Å². The molecule has 1 N–H and O–H groups in total. The van der Waals surface area contributed by atoms with E-state index in [0.717, 1.165) is 50.2 Å². The summed E-state index contributed by atoms with van der Waals surface area (Å²) in [5.74, 6) is 1.41. The van der Waals surface area contributed by atoms with E-state index in [1.54, 1.807) is 13.1 Å². The van der Waals surface area contributed by atoms with Gasteiger partial charge in [0, 0.05) is 33.8 Å². The molecule has 1 aromatic carbocycles. The molecule has 0 amide bonds. The van der Waals surface area contributed by atoms with Crippen molar-refractivity contribution in [2.24, 2.45) is 10.9 Å². The van der Waals surface area contributed by atoms with Gasteiger partial charge in [0.1, 0.15) is 5.82 Å². The maximum absolute atomic E-state index is 13.2. The summed E-state index contributed by atoms with van der Waals surface area (Å²) in [6, 6.07) is 5.10.